The molecule has 0 bridgehead atoms. The lowest BCUT2D eigenvalue weighted by Gasteiger charge is -2.38. The van der Waals surface area contributed by atoms with E-state index >= 15 is 0 Å². The van der Waals surface area contributed by atoms with E-state index in [4.69, 9.17) is 14.6 Å². The van der Waals surface area contributed by atoms with Crippen LogP contribution in [0.4, 0.5) is 0 Å². The standard InChI is InChI=1S/C21H18N2O3S/c1-25-18-9-4-7-14-16-12-15(13-6-2-3-8-17(13)24)22-23(16)21(26-20(14)18)19-10-5-11-27-19/h2-11,16,21,24H,12H2,1H3/t16-,21+/m0/s1. The minimum atomic E-state index is -0.317. The number of methoxy groups -OCH3 is 1. The van der Waals surface area contributed by atoms with Gasteiger partial charge in [0.15, 0.2) is 11.5 Å². The van der Waals surface area contributed by atoms with E-state index in [1.165, 1.54) is 0 Å². The summed E-state index contributed by atoms with van der Waals surface area (Å²) < 4.78 is 11.9. The topological polar surface area (TPSA) is 54.3 Å². The molecule has 2 atom stereocenters. The summed E-state index contributed by atoms with van der Waals surface area (Å²) in [5, 5.41) is 19.2. The number of phenolic OH excluding ortho intramolecular Hbond substituents is 1. The summed E-state index contributed by atoms with van der Waals surface area (Å²) in [7, 11) is 1.66. The third kappa shape index (κ3) is 2.56. The first-order chi connectivity index (χ1) is 13.3. The van der Waals surface area contributed by atoms with Gasteiger partial charge in [0.1, 0.15) is 5.75 Å². The Morgan fingerprint density at radius 3 is 2.81 bits per heavy atom. The number of hydrazone groups is 1. The van der Waals surface area contributed by atoms with Gasteiger partial charge >= 0.3 is 0 Å². The van der Waals surface area contributed by atoms with Crippen LogP contribution in [0.2, 0.25) is 0 Å². The fraction of sp³-hybridized carbons (Fsp3) is 0.190. The molecule has 3 heterocycles. The molecule has 136 valence electrons. The second-order valence-corrected chi connectivity index (χ2v) is 7.51. The van der Waals surface area contributed by atoms with Crippen molar-refractivity contribution in [1.82, 2.24) is 5.01 Å². The van der Waals surface area contributed by atoms with Crippen molar-refractivity contribution in [1.29, 1.82) is 0 Å². The van der Waals surface area contributed by atoms with Crippen LogP contribution < -0.4 is 9.47 Å². The number of hydrogen-bond acceptors (Lipinski definition) is 6. The molecule has 0 spiro atoms. The first-order valence-corrected chi connectivity index (χ1v) is 9.65. The fourth-order valence-electron chi connectivity index (χ4n) is 3.74. The van der Waals surface area contributed by atoms with Gasteiger partial charge in [0, 0.05) is 17.5 Å². The Morgan fingerprint density at radius 2 is 2.04 bits per heavy atom. The van der Waals surface area contributed by atoms with Crippen molar-refractivity contribution in [3.8, 4) is 17.2 Å². The van der Waals surface area contributed by atoms with Crippen LogP contribution >= 0.6 is 11.3 Å². The van der Waals surface area contributed by atoms with E-state index < -0.39 is 0 Å². The van der Waals surface area contributed by atoms with Crippen LogP contribution in [0.15, 0.2) is 65.1 Å². The molecular formula is C21H18N2O3S. The lowest BCUT2D eigenvalue weighted by molar-refractivity contribution is -0.0184. The van der Waals surface area contributed by atoms with Gasteiger partial charge in [-0.05, 0) is 29.6 Å². The lowest BCUT2D eigenvalue weighted by Crippen LogP contribution is -2.33. The summed E-state index contributed by atoms with van der Waals surface area (Å²) in [6.07, 6.45) is 0.380. The minimum Gasteiger partial charge on any atom is -0.507 e. The largest absolute Gasteiger partial charge is 0.507 e. The molecule has 6 heteroatoms. The number of phenols is 1. The molecule has 0 fully saturated rings. The quantitative estimate of drug-likeness (QED) is 0.717. The lowest BCUT2D eigenvalue weighted by atomic mass is 9.96. The van der Waals surface area contributed by atoms with Gasteiger partial charge in [-0.3, -0.25) is 0 Å². The number of ether oxygens (including phenoxy) is 2. The summed E-state index contributed by atoms with van der Waals surface area (Å²) in [6, 6.07) is 17.4. The molecule has 0 amide bonds. The van der Waals surface area contributed by atoms with Gasteiger partial charge in [-0.15, -0.1) is 11.3 Å². The molecule has 0 unspecified atom stereocenters. The molecule has 0 saturated carbocycles. The summed E-state index contributed by atoms with van der Waals surface area (Å²) in [5.41, 5.74) is 2.68. The van der Waals surface area contributed by atoms with Crippen molar-refractivity contribution in [2.24, 2.45) is 5.10 Å². The second-order valence-electron chi connectivity index (χ2n) is 6.53. The summed E-state index contributed by atoms with van der Waals surface area (Å²) in [5.74, 6) is 1.74. The Morgan fingerprint density at radius 1 is 1.15 bits per heavy atom. The number of para-hydroxylation sites is 2. The predicted octanol–water partition coefficient (Wildman–Crippen LogP) is 4.70. The highest BCUT2D eigenvalue weighted by atomic mass is 32.1. The maximum absolute atomic E-state index is 10.3. The van der Waals surface area contributed by atoms with Crippen molar-refractivity contribution in [3.63, 3.8) is 0 Å². The number of benzene rings is 2. The first kappa shape index (κ1) is 16.2. The third-order valence-electron chi connectivity index (χ3n) is 5.00. The first-order valence-electron chi connectivity index (χ1n) is 8.77. The molecule has 1 aromatic heterocycles. The fourth-order valence-corrected chi connectivity index (χ4v) is 4.49. The number of hydrogen-bond donors (Lipinski definition) is 1. The Balaban J connectivity index is 1.63. The van der Waals surface area contributed by atoms with Crippen LogP contribution in [0.5, 0.6) is 17.2 Å². The molecule has 0 saturated heterocycles. The van der Waals surface area contributed by atoms with E-state index in [1.54, 1.807) is 24.5 Å². The van der Waals surface area contributed by atoms with Gasteiger partial charge in [0.2, 0.25) is 6.23 Å². The maximum atomic E-state index is 10.3. The van der Waals surface area contributed by atoms with Crippen molar-refractivity contribution < 1.29 is 14.6 Å². The van der Waals surface area contributed by atoms with E-state index in [0.717, 1.165) is 33.2 Å². The zero-order valence-electron chi connectivity index (χ0n) is 14.7. The van der Waals surface area contributed by atoms with E-state index in [-0.39, 0.29) is 18.0 Å². The third-order valence-corrected chi connectivity index (χ3v) is 5.90. The highest BCUT2D eigenvalue weighted by molar-refractivity contribution is 7.10. The maximum Gasteiger partial charge on any atom is 0.223 e. The van der Waals surface area contributed by atoms with Gasteiger partial charge < -0.3 is 14.6 Å². The summed E-state index contributed by atoms with van der Waals surface area (Å²) >= 11 is 1.64. The Kier molecular flexibility index (Phi) is 3.79. The highest BCUT2D eigenvalue weighted by Crippen LogP contribution is 2.51. The average Bonchev–Trinajstić information content (AvgIpc) is 3.37. The Hall–Kier alpha value is -2.99. The van der Waals surface area contributed by atoms with E-state index in [1.807, 2.05) is 46.8 Å². The van der Waals surface area contributed by atoms with Crippen molar-refractivity contribution in [3.05, 3.63) is 76.0 Å². The normalized spacial score (nSPS) is 20.5. The SMILES string of the molecule is COc1cccc2c1O[C@H](c1cccs1)N1N=C(c3ccccc3O)C[C@@H]21. The Labute approximate surface area is 161 Å². The van der Waals surface area contributed by atoms with Crippen molar-refractivity contribution in [2.45, 2.75) is 18.7 Å². The zero-order chi connectivity index (χ0) is 18.4. The van der Waals surface area contributed by atoms with Crippen LogP contribution in [0.1, 0.15) is 34.7 Å². The van der Waals surface area contributed by atoms with Gasteiger partial charge in [0.05, 0.1) is 23.7 Å². The smallest absolute Gasteiger partial charge is 0.223 e. The molecule has 3 aromatic rings. The molecule has 2 aromatic carbocycles. The van der Waals surface area contributed by atoms with Gasteiger partial charge in [0.25, 0.3) is 0 Å². The number of thiophene rings is 1. The molecule has 5 nitrogen and oxygen atoms in total. The van der Waals surface area contributed by atoms with Crippen molar-refractivity contribution in [2.75, 3.05) is 7.11 Å². The molecule has 0 aliphatic carbocycles. The molecular weight excluding hydrogens is 360 g/mol. The number of aromatic hydroxyl groups is 1. The molecule has 2 aliphatic heterocycles. The summed E-state index contributed by atoms with van der Waals surface area (Å²) in [6.45, 7) is 0. The average molecular weight is 378 g/mol. The number of fused-ring (bicyclic) bond motifs is 3. The van der Waals surface area contributed by atoms with Crippen LogP contribution in [0.3, 0.4) is 0 Å². The molecule has 1 N–H and O–H groups in total. The zero-order valence-corrected chi connectivity index (χ0v) is 15.5. The van der Waals surface area contributed by atoms with Crippen molar-refractivity contribution >= 4 is 17.0 Å². The molecule has 27 heavy (non-hydrogen) atoms. The van der Waals surface area contributed by atoms with E-state index in [0.29, 0.717) is 6.42 Å². The monoisotopic (exact) mass is 378 g/mol. The minimum absolute atomic E-state index is 0.0329. The number of rotatable bonds is 3. The van der Waals surface area contributed by atoms with Gasteiger partial charge in [-0.25, -0.2) is 5.01 Å². The summed E-state index contributed by atoms with van der Waals surface area (Å²) in [4.78, 5) is 1.08. The molecule has 2 aliphatic rings. The second kappa shape index (κ2) is 6.32. The highest BCUT2D eigenvalue weighted by Gasteiger charge is 2.42. The predicted molar refractivity (Wildman–Crippen MR) is 105 cm³/mol. The van der Waals surface area contributed by atoms with Gasteiger partial charge in [-0.1, -0.05) is 30.3 Å². The Bertz CT molecular complexity index is 1020. The van der Waals surface area contributed by atoms with Crippen LogP contribution in [-0.2, 0) is 0 Å². The molecule has 0 radical (unpaired) electrons. The van der Waals surface area contributed by atoms with E-state index in [2.05, 4.69) is 12.1 Å². The van der Waals surface area contributed by atoms with Gasteiger partial charge in [-0.2, -0.15) is 5.10 Å². The van der Waals surface area contributed by atoms with E-state index in [9.17, 15) is 5.11 Å². The van der Waals surface area contributed by atoms with Crippen LogP contribution in [0, 0.1) is 0 Å². The van der Waals surface area contributed by atoms with Crippen LogP contribution in [0.25, 0.3) is 0 Å². The van der Waals surface area contributed by atoms with Crippen LogP contribution in [-0.4, -0.2) is 22.9 Å². The molecule has 5 rings (SSSR count). The number of nitrogens with zero attached hydrogens (tertiary/aromatic N) is 2.